The van der Waals surface area contributed by atoms with Crippen LogP contribution in [-0.4, -0.2) is 118 Å². The van der Waals surface area contributed by atoms with E-state index in [0.717, 1.165) is 9.80 Å². The van der Waals surface area contributed by atoms with Crippen molar-refractivity contribution in [1.29, 1.82) is 0 Å². The van der Waals surface area contributed by atoms with Crippen LogP contribution in [-0.2, 0) is 19.2 Å². The zero-order chi connectivity index (χ0) is 15.7. The van der Waals surface area contributed by atoms with E-state index in [9.17, 15) is 39.6 Å². The molecular weight excluding hydrogens is 392 g/mol. The van der Waals surface area contributed by atoms with Gasteiger partial charge in [-0.15, -0.1) is 0 Å². The van der Waals surface area contributed by atoms with Gasteiger partial charge in [0.05, 0.1) is 23.9 Å². The van der Waals surface area contributed by atoms with Crippen LogP contribution in [0.2, 0.25) is 0 Å². The molecule has 0 unspecified atom stereocenters. The second kappa shape index (κ2) is 16.1. The van der Waals surface area contributed by atoms with E-state index in [1.807, 2.05) is 0 Å². The Kier molecular flexibility index (Phi) is 21.0. The van der Waals surface area contributed by atoms with Crippen LogP contribution in [0.1, 0.15) is 0 Å². The molecule has 0 aromatic carbocycles. The Balaban J connectivity index is -0.000000602. The number of carboxylic acids is 4. The first-order chi connectivity index (χ1) is 9.20. The summed E-state index contributed by atoms with van der Waals surface area (Å²) in [6, 6.07) is 0. The summed E-state index contributed by atoms with van der Waals surface area (Å²) in [5.74, 6) is -6.12. The first-order valence-corrected chi connectivity index (χ1v) is 5.44. The van der Waals surface area contributed by atoms with Gasteiger partial charge < -0.3 is 51.9 Å². The van der Waals surface area contributed by atoms with Gasteiger partial charge in [-0.25, -0.2) is 0 Å². The second-order valence-corrected chi connectivity index (χ2v) is 3.91. The Morgan fingerprint density at radius 1 is 0.565 bits per heavy atom. The molecule has 8 N–H and O–H groups in total. The average molecular weight is 412 g/mol. The fourth-order valence-corrected chi connectivity index (χ4v) is 1.44. The van der Waals surface area contributed by atoms with Gasteiger partial charge in [0.2, 0.25) is 0 Å². The Bertz CT molecular complexity index is 327. The number of hydrogen-bond acceptors (Lipinski definition) is 10. The molecule has 0 aliphatic rings. The second-order valence-electron chi connectivity index (χ2n) is 3.91. The van der Waals surface area contributed by atoms with E-state index in [-0.39, 0.29) is 70.9 Å². The fraction of sp³-hybridized carbons (Fsp3) is 0.600. The number of carbonyl (C=O) groups is 4. The van der Waals surface area contributed by atoms with Crippen LogP contribution in [0.15, 0.2) is 0 Å². The van der Waals surface area contributed by atoms with E-state index in [1.165, 1.54) is 0 Å². The summed E-state index contributed by atoms with van der Waals surface area (Å²) in [4.78, 5) is 43.4. The SMILES string of the molecule is O=C([O-])CN(CCN(CC(=O)[O-])CC(=O)[O-])CC(=O)[O-].[NH4+].[NH4+].[Sr+2]. The van der Waals surface area contributed by atoms with Crippen LogP contribution >= 0.6 is 0 Å². The van der Waals surface area contributed by atoms with Crippen LogP contribution in [0, 0.1) is 0 Å². The third kappa shape index (κ3) is 19.2. The molecule has 0 aliphatic carbocycles. The van der Waals surface area contributed by atoms with Gasteiger partial charge in [0.1, 0.15) is 0 Å². The molecule has 130 valence electrons. The van der Waals surface area contributed by atoms with Crippen molar-refractivity contribution in [3.8, 4) is 0 Å². The predicted molar refractivity (Wildman–Crippen MR) is 70.6 cm³/mol. The van der Waals surface area contributed by atoms with Crippen LogP contribution in [0.3, 0.4) is 0 Å². The fourth-order valence-electron chi connectivity index (χ4n) is 1.44. The van der Waals surface area contributed by atoms with Gasteiger partial charge in [-0.05, 0) is 0 Å². The van der Waals surface area contributed by atoms with Gasteiger partial charge in [0.15, 0.2) is 0 Å². The van der Waals surface area contributed by atoms with Crippen LogP contribution in [0.4, 0.5) is 0 Å². The third-order valence-corrected chi connectivity index (χ3v) is 2.14. The largest absolute Gasteiger partial charge is 2.00 e. The normalized spacial score (nSPS) is 9.30. The number of aliphatic carboxylic acids is 4. The summed E-state index contributed by atoms with van der Waals surface area (Å²) in [6.45, 7) is -3.25. The van der Waals surface area contributed by atoms with Crippen molar-refractivity contribution in [2.45, 2.75) is 0 Å². The minimum absolute atomic E-state index is 0. The summed E-state index contributed by atoms with van der Waals surface area (Å²) >= 11 is 0. The summed E-state index contributed by atoms with van der Waals surface area (Å²) in [6.07, 6.45) is 0. The van der Waals surface area contributed by atoms with E-state index >= 15 is 0 Å². The summed E-state index contributed by atoms with van der Waals surface area (Å²) in [5, 5.41) is 41.6. The first kappa shape index (κ1) is 30.1. The molecule has 0 amide bonds. The molecule has 0 saturated carbocycles. The maximum atomic E-state index is 10.4. The summed E-state index contributed by atoms with van der Waals surface area (Å²) in [5.41, 5.74) is 0. The van der Waals surface area contributed by atoms with Gasteiger partial charge in [0.25, 0.3) is 0 Å². The molecule has 13 heteroatoms. The number of carboxylic acid groups (broad SMARTS) is 4. The van der Waals surface area contributed by atoms with E-state index in [4.69, 9.17) is 0 Å². The molecule has 0 aromatic rings. The topological polar surface area (TPSA) is 240 Å². The van der Waals surface area contributed by atoms with E-state index < -0.39 is 50.1 Å². The average Bonchev–Trinajstić information content (AvgIpc) is 2.22. The number of quaternary nitrogens is 2. The van der Waals surface area contributed by atoms with Crippen LogP contribution < -0.4 is 32.7 Å². The number of nitrogens with zero attached hydrogens (tertiary/aromatic N) is 2. The monoisotopic (exact) mass is 412 g/mol. The zero-order valence-corrected chi connectivity index (χ0v) is 16.6. The van der Waals surface area contributed by atoms with Crippen molar-refractivity contribution < 1.29 is 39.6 Å². The smallest absolute Gasteiger partial charge is 0.549 e. The molecule has 0 spiro atoms. The molecule has 0 saturated heterocycles. The molecule has 12 nitrogen and oxygen atoms in total. The Morgan fingerprint density at radius 3 is 0.870 bits per heavy atom. The van der Waals surface area contributed by atoms with Crippen LogP contribution in [0.25, 0.3) is 0 Å². The molecule has 0 fully saturated rings. The van der Waals surface area contributed by atoms with Crippen molar-refractivity contribution in [2.75, 3.05) is 39.3 Å². The minimum Gasteiger partial charge on any atom is -0.549 e. The van der Waals surface area contributed by atoms with E-state index in [2.05, 4.69) is 0 Å². The zero-order valence-electron chi connectivity index (χ0n) is 13.1. The van der Waals surface area contributed by atoms with Crippen LogP contribution in [0.5, 0.6) is 0 Å². The Hall–Kier alpha value is -0.799. The van der Waals surface area contributed by atoms with Crippen molar-refractivity contribution >= 4 is 69.4 Å². The number of hydrogen-bond donors (Lipinski definition) is 2. The molecule has 0 radical (unpaired) electrons. The number of rotatable bonds is 11. The number of carbonyl (C=O) groups excluding carboxylic acids is 4. The molecule has 23 heavy (non-hydrogen) atoms. The summed E-state index contributed by atoms with van der Waals surface area (Å²) in [7, 11) is 0. The molecule has 0 aliphatic heterocycles. The van der Waals surface area contributed by atoms with Crippen molar-refractivity contribution in [2.24, 2.45) is 0 Å². The van der Waals surface area contributed by atoms with Gasteiger partial charge in [-0.2, -0.15) is 0 Å². The molecule has 0 heterocycles. The van der Waals surface area contributed by atoms with Gasteiger partial charge >= 0.3 is 45.5 Å². The van der Waals surface area contributed by atoms with Gasteiger partial charge in [-0.1, -0.05) is 0 Å². The Labute approximate surface area is 169 Å². The van der Waals surface area contributed by atoms with Crippen molar-refractivity contribution in [3.63, 3.8) is 0 Å². The third-order valence-electron chi connectivity index (χ3n) is 2.14. The quantitative estimate of drug-likeness (QED) is 0.304. The van der Waals surface area contributed by atoms with E-state index in [0.29, 0.717) is 0 Å². The predicted octanol–water partition coefficient (Wildman–Crippen LogP) is -7.04. The maximum absolute atomic E-state index is 10.4. The van der Waals surface area contributed by atoms with Crippen molar-refractivity contribution in [3.05, 3.63) is 0 Å². The maximum Gasteiger partial charge on any atom is 2.00 e. The minimum atomic E-state index is -1.53. The van der Waals surface area contributed by atoms with Gasteiger partial charge in [-0.3, -0.25) is 9.80 Å². The summed E-state index contributed by atoms with van der Waals surface area (Å²) < 4.78 is 0. The molecule has 0 atom stereocenters. The molecule has 0 aromatic heterocycles. The first-order valence-electron chi connectivity index (χ1n) is 5.44. The molecular formula is C10H20N4O8Sr. The van der Waals surface area contributed by atoms with Gasteiger partial charge in [0, 0.05) is 39.3 Å². The molecule has 0 bridgehead atoms. The standard InChI is InChI=1S/C10H16N2O8.2H3N.Sr/c13-7(14)3-11(4-8(15)16)1-2-12(5-9(17)18)6-10(19)20;;;/h1-6H2,(H,13,14)(H,15,16)(H,17,18)(H,19,20);2*1H3;/q;;;+2/p-2. The molecule has 0 rings (SSSR count). The van der Waals surface area contributed by atoms with Crippen molar-refractivity contribution in [1.82, 2.24) is 22.1 Å². The van der Waals surface area contributed by atoms with E-state index in [1.54, 1.807) is 0 Å². The Morgan fingerprint density at radius 2 is 0.739 bits per heavy atom.